The molecule has 1 aliphatic carbocycles. The molecule has 0 saturated carbocycles. The summed E-state index contributed by atoms with van der Waals surface area (Å²) in [6.45, 7) is 7.41. The van der Waals surface area contributed by atoms with Crippen molar-refractivity contribution in [2.45, 2.75) is 39.5 Å². The summed E-state index contributed by atoms with van der Waals surface area (Å²) in [5.41, 5.74) is 3.28. The van der Waals surface area contributed by atoms with Gasteiger partial charge in [-0.1, -0.05) is 29.8 Å². The SMILES string of the molecule is CC1=CC[C@@H]2CN(C(=O)C3CCN(C(=O)c4ccccc4C)CC3)C[C@@H]2C1. The number of amides is 2. The molecule has 2 fully saturated rings. The number of hydrogen-bond acceptors (Lipinski definition) is 2. The van der Waals surface area contributed by atoms with Crippen LogP contribution in [0.15, 0.2) is 35.9 Å². The summed E-state index contributed by atoms with van der Waals surface area (Å²) in [7, 11) is 0. The van der Waals surface area contributed by atoms with Crippen molar-refractivity contribution < 1.29 is 9.59 Å². The van der Waals surface area contributed by atoms with Gasteiger partial charge in [0.15, 0.2) is 0 Å². The first-order chi connectivity index (χ1) is 13.0. The van der Waals surface area contributed by atoms with E-state index >= 15 is 0 Å². The third-order valence-electron chi connectivity index (χ3n) is 6.75. The van der Waals surface area contributed by atoms with Gasteiger partial charge < -0.3 is 9.80 Å². The number of carbonyl (C=O) groups excluding carboxylic acids is 2. The first-order valence-corrected chi connectivity index (χ1v) is 10.3. The minimum Gasteiger partial charge on any atom is -0.342 e. The van der Waals surface area contributed by atoms with Crippen molar-refractivity contribution in [3.8, 4) is 0 Å². The Kier molecular flexibility index (Phi) is 5.07. The van der Waals surface area contributed by atoms with Gasteiger partial charge in [-0.2, -0.15) is 0 Å². The van der Waals surface area contributed by atoms with Crippen LogP contribution in [0.5, 0.6) is 0 Å². The van der Waals surface area contributed by atoms with Gasteiger partial charge in [0.2, 0.25) is 5.91 Å². The highest BCUT2D eigenvalue weighted by molar-refractivity contribution is 5.95. The molecule has 4 rings (SSSR count). The van der Waals surface area contributed by atoms with E-state index in [1.807, 2.05) is 36.1 Å². The van der Waals surface area contributed by atoms with Crippen LogP contribution in [-0.4, -0.2) is 47.8 Å². The first kappa shape index (κ1) is 18.3. The van der Waals surface area contributed by atoms with Crippen molar-refractivity contribution >= 4 is 11.8 Å². The van der Waals surface area contributed by atoms with Gasteiger partial charge in [0.25, 0.3) is 5.91 Å². The number of nitrogens with zero attached hydrogens (tertiary/aromatic N) is 2. The van der Waals surface area contributed by atoms with Crippen molar-refractivity contribution in [2.75, 3.05) is 26.2 Å². The zero-order chi connectivity index (χ0) is 19.0. The van der Waals surface area contributed by atoms with Crippen LogP contribution in [0, 0.1) is 24.7 Å². The molecule has 27 heavy (non-hydrogen) atoms. The Morgan fingerprint density at radius 1 is 0.963 bits per heavy atom. The van der Waals surface area contributed by atoms with Gasteiger partial charge in [0.05, 0.1) is 0 Å². The van der Waals surface area contributed by atoms with Crippen molar-refractivity contribution in [1.29, 1.82) is 0 Å². The number of likely N-dealkylation sites (tertiary alicyclic amines) is 2. The largest absolute Gasteiger partial charge is 0.342 e. The highest BCUT2D eigenvalue weighted by Crippen LogP contribution is 2.36. The minimum atomic E-state index is 0.0835. The Labute approximate surface area is 162 Å². The molecule has 0 bridgehead atoms. The van der Waals surface area contributed by atoms with Gasteiger partial charge in [0.1, 0.15) is 0 Å². The van der Waals surface area contributed by atoms with Crippen molar-refractivity contribution in [1.82, 2.24) is 9.80 Å². The third kappa shape index (κ3) is 3.67. The fourth-order valence-electron chi connectivity index (χ4n) is 5.04. The molecule has 2 heterocycles. The smallest absolute Gasteiger partial charge is 0.254 e. The Bertz CT molecular complexity index is 761. The predicted octanol–water partition coefficient (Wildman–Crippen LogP) is 3.66. The Morgan fingerprint density at radius 2 is 1.67 bits per heavy atom. The Hall–Kier alpha value is -2.10. The molecule has 1 aromatic rings. The van der Waals surface area contributed by atoms with Crippen LogP contribution < -0.4 is 0 Å². The lowest BCUT2D eigenvalue weighted by Crippen LogP contribution is -2.44. The van der Waals surface area contributed by atoms with Crippen LogP contribution in [0.3, 0.4) is 0 Å². The number of carbonyl (C=O) groups is 2. The highest BCUT2D eigenvalue weighted by Gasteiger charge is 2.39. The van der Waals surface area contributed by atoms with Gasteiger partial charge in [-0.3, -0.25) is 9.59 Å². The third-order valence-corrected chi connectivity index (χ3v) is 6.75. The number of fused-ring (bicyclic) bond motifs is 1. The molecule has 2 atom stereocenters. The zero-order valence-corrected chi connectivity index (χ0v) is 16.5. The van der Waals surface area contributed by atoms with Crippen LogP contribution >= 0.6 is 0 Å². The summed E-state index contributed by atoms with van der Waals surface area (Å²) in [6.07, 6.45) is 6.21. The maximum atomic E-state index is 13.0. The molecule has 1 aromatic carbocycles. The average Bonchev–Trinajstić information content (AvgIpc) is 3.10. The molecule has 0 radical (unpaired) electrons. The second-order valence-corrected chi connectivity index (χ2v) is 8.64. The Balaban J connectivity index is 1.32. The van der Waals surface area contributed by atoms with E-state index < -0.39 is 0 Å². The molecule has 4 heteroatoms. The summed E-state index contributed by atoms with van der Waals surface area (Å²) >= 11 is 0. The van der Waals surface area contributed by atoms with Crippen molar-refractivity contribution in [3.05, 3.63) is 47.0 Å². The number of hydrogen-bond donors (Lipinski definition) is 0. The lowest BCUT2D eigenvalue weighted by Gasteiger charge is -2.33. The van der Waals surface area contributed by atoms with Crippen molar-refractivity contribution in [3.63, 3.8) is 0 Å². The molecule has 2 aliphatic heterocycles. The second kappa shape index (κ2) is 7.49. The fraction of sp³-hybridized carbons (Fsp3) is 0.565. The van der Waals surface area contributed by atoms with E-state index in [0.717, 1.165) is 49.9 Å². The van der Waals surface area contributed by atoms with Crippen LogP contribution in [-0.2, 0) is 4.79 Å². The summed E-state index contributed by atoms with van der Waals surface area (Å²) in [4.78, 5) is 29.8. The van der Waals surface area contributed by atoms with Crippen LogP contribution in [0.4, 0.5) is 0 Å². The highest BCUT2D eigenvalue weighted by atomic mass is 16.2. The van der Waals surface area contributed by atoms with E-state index in [1.54, 1.807) is 0 Å². The topological polar surface area (TPSA) is 40.6 Å². The lowest BCUT2D eigenvalue weighted by atomic mass is 9.83. The van der Waals surface area contributed by atoms with Crippen LogP contribution in [0.2, 0.25) is 0 Å². The average molecular weight is 367 g/mol. The molecule has 0 aromatic heterocycles. The number of rotatable bonds is 2. The second-order valence-electron chi connectivity index (χ2n) is 8.64. The molecule has 2 saturated heterocycles. The predicted molar refractivity (Wildman–Crippen MR) is 106 cm³/mol. The lowest BCUT2D eigenvalue weighted by molar-refractivity contribution is -0.136. The quantitative estimate of drug-likeness (QED) is 0.750. The van der Waals surface area contributed by atoms with E-state index in [4.69, 9.17) is 0 Å². The van der Waals surface area contributed by atoms with Gasteiger partial charge >= 0.3 is 0 Å². The molecule has 2 amide bonds. The minimum absolute atomic E-state index is 0.0835. The van der Waals surface area contributed by atoms with E-state index in [-0.39, 0.29) is 11.8 Å². The van der Waals surface area contributed by atoms with Crippen molar-refractivity contribution in [2.24, 2.45) is 17.8 Å². The zero-order valence-electron chi connectivity index (χ0n) is 16.5. The molecule has 4 nitrogen and oxygen atoms in total. The number of piperidine rings is 1. The molecular weight excluding hydrogens is 336 g/mol. The van der Waals surface area contributed by atoms with Gasteiger partial charge in [0, 0.05) is 37.7 Å². The van der Waals surface area contributed by atoms with E-state index in [9.17, 15) is 9.59 Å². The molecular formula is C23H30N2O2. The van der Waals surface area contributed by atoms with Gasteiger partial charge in [-0.25, -0.2) is 0 Å². The maximum Gasteiger partial charge on any atom is 0.254 e. The molecule has 0 spiro atoms. The number of benzene rings is 1. The summed E-state index contributed by atoms with van der Waals surface area (Å²) in [5, 5.41) is 0. The number of allylic oxidation sites excluding steroid dienone is 2. The number of aryl methyl sites for hydroxylation is 1. The molecule has 144 valence electrons. The van der Waals surface area contributed by atoms with E-state index in [1.165, 1.54) is 5.57 Å². The fourth-order valence-corrected chi connectivity index (χ4v) is 5.04. The van der Waals surface area contributed by atoms with E-state index in [0.29, 0.717) is 30.8 Å². The van der Waals surface area contributed by atoms with Gasteiger partial charge in [-0.15, -0.1) is 0 Å². The Morgan fingerprint density at radius 3 is 2.41 bits per heavy atom. The molecule has 0 unspecified atom stereocenters. The summed E-state index contributed by atoms with van der Waals surface area (Å²) in [6, 6.07) is 7.76. The first-order valence-electron chi connectivity index (χ1n) is 10.3. The summed E-state index contributed by atoms with van der Waals surface area (Å²) < 4.78 is 0. The van der Waals surface area contributed by atoms with E-state index in [2.05, 4.69) is 17.9 Å². The molecule has 3 aliphatic rings. The van der Waals surface area contributed by atoms with Crippen LogP contribution in [0.25, 0.3) is 0 Å². The molecule has 0 N–H and O–H groups in total. The summed E-state index contributed by atoms with van der Waals surface area (Å²) in [5.74, 6) is 1.82. The normalized spacial score (nSPS) is 25.9. The maximum absolute atomic E-state index is 13.0. The standard InChI is InChI=1S/C23H30N2O2/c1-16-7-8-19-14-25(15-20(19)13-16)22(26)18-9-11-24(12-10-18)23(27)21-6-4-3-5-17(21)2/h3-7,18-20H,8-15H2,1-2H3/t19-,20+/m1/s1. The van der Waals surface area contributed by atoms with Gasteiger partial charge in [-0.05, 0) is 63.0 Å². The monoisotopic (exact) mass is 366 g/mol. The van der Waals surface area contributed by atoms with Crippen LogP contribution in [0.1, 0.15) is 48.5 Å².